The lowest BCUT2D eigenvalue weighted by molar-refractivity contribution is 0.334. The fraction of sp³-hybridized carbons (Fsp3) is 0.200. The summed E-state index contributed by atoms with van der Waals surface area (Å²) in [6.07, 6.45) is 0. The average molecular weight is 312 g/mol. The summed E-state index contributed by atoms with van der Waals surface area (Å²) in [5.41, 5.74) is 1.88. The van der Waals surface area contributed by atoms with Crippen LogP contribution in [0.15, 0.2) is 36.4 Å². The summed E-state index contributed by atoms with van der Waals surface area (Å²) in [6, 6.07) is 11.0. The predicted octanol–water partition coefficient (Wildman–Crippen LogP) is 4.72. The van der Waals surface area contributed by atoms with Crippen molar-refractivity contribution in [2.24, 2.45) is 0 Å². The van der Waals surface area contributed by atoms with Gasteiger partial charge in [0.25, 0.3) is 0 Å². The van der Waals surface area contributed by atoms with Crippen molar-refractivity contribution in [2.45, 2.75) is 5.92 Å². The Morgan fingerprint density at radius 2 is 1.90 bits per heavy atom. The first-order valence-electron chi connectivity index (χ1n) is 6.25. The fourth-order valence-corrected chi connectivity index (χ4v) is 2.78. The van der Waals surface area contributed by atoms with Crippen LogP contribution < -0.4 is 10.1 Å². The van der Waals surface area contributed by atoms with Crippen LogP contribution in [0.5, 0.6) is 5.75 Å². The lowest BCUT2D eigenvalue weighted by atomic mass is 10.0. The molecule has 104 valence electrons. The molecule has 0 aromatic heterocycles. The van der Waals surface area contributed by atoms with E-state index in [1.165, 1.54) is 17.7 Å². The van der Waals surface area contributed by atoms with Gasteiger partial charge in [0, 0.05) is 23.7 Å². The summed E-state index contributed by atoms with van der Waals surface area (Å²) >= 11 is 11.5. The number of para-hydroxylation sites is 1. The van der Waals surface area contributed by atoms with Crippen LogP contribution in [0.1, 0.15) is 11.5 Å². The van der Waals surface area contributed by atoms with Gasteiger partial charge in [-0.1, -0.05) is 41.4 Å². The predicted molar refractivity (Wildman–Crippen MR) is 79.6 cm³/mol. The summed E-state index contributed by atoms with van der Waals surface area (Å²) in [5.74, 6) is 0.594. The molecule has 0 bridgehead atoms. The van der Waals surface area contributed by atoms with E-state index in [1.54, 1.807) is 0 Å². The van der Waals surface area contributed by atoms with Crippen LogP contribution in [-0.4, -0.2) is 13.2 Å². The second-order valence-corrected chi connectivity index (χ2v) is 5.49. The fourth-order valence-electron chi connectivity index (χ4n) is 2.30. The second kappa shape index (κ2) is 5.51. The standard InChI is InChI=1S/C15H12Cl2FNO/c16-12-5-10(6-13(17)15(12)18)19-7-9-8-20-14-4-2-1-3-11(9)14/h1-6,9,19H,7-8H2. The maximum Gasteiger partial charge on any atom is 0.160 e. The maximum absolute atomic E-state index is 13.3. The first kappa shape index (κ1) is 13.5. The molecule has 1 aliphatic rings. The first-order chi connectivity index (χ1) is 9.65. The molecule has 0 saturated heterocycles. The van der Waals surface area contributed by atoms with E-state index in [-0.39, 0.29) is 16.0 Å². The zero-order valence-electron chi connectivity index (χ0n) is 10.5. The zero-order chi connectivity index (χ0) is 14.1. The van der Waals surface area contributed by atoms with E-state index in [4.69, 9.17) is 27.9 Å². The number of ether oxygens (including phenoxy) is 1. The van der Waals surface area contributed by atoms with Gasteiger partial charge in [0.05, 0.1) is 16.7 Å². The number of hydrogen-bond donors (Lipinski definition) is 1. The van der Waals surface area contributed by atoms with Gasteiger partial charge in [0.15, 0.2) is 5.82 Å². The molecule has 0 spiro atoms. The van der Waals surface area contributed by atoms with Gasteiger partial charge in [-0.15, -0.1) is 0 Å². The van der Waals surface area contributed by atoms with Crippen LogP contribution in [-0.2, 0) is 0 Å². The molecular weight excluding hydrogens is 300 g/mol. The number of rotatable bonds is 3. The summed E-state index contributed by atoms with van der Waals surface area (Å²) in [7, 11) is 0. The largest absolute Gasteiger partial charge is 0.493 e. The zero-order valence-corrected chi connectivity index (χ0v) is 12.0. The number of anilines is 1. The van der Waals surface area contributed by atoms with Crippen LogP contribution in [0.4, 0.5) is 10.1 Å². The molecule has 0 amide bonds. The monoisotopic (exact) mass is 311 g/mol. The van der Waals surface area contributed by atoms with E-state index in [1.807, 2.05) is 18.2 Å². The minimum Gasteiger partial charge on any atom is -0.493 e. The molecule has 0 fully saturated rings. The highest BCUT2D eigenvalue weighted by Crippen LogP contribution is 2.34. The van der Waals surface area contributed by atoms with Crippen molar-refractivity contribution in [1.29, 1.82) is 0 Å². The summed E-state index contributed by atoms with van der Waals surface area (Å²) in [4.78, 5) is 0. The highest BCUT2D eigenvalue weighted by Gasteiger charge is 2.23. The van der Waals surface area contributed by atoms with E-state index in [9.17, 15) is 4.39 Å². The molecule has 2 nitrogen and oxygen atoms in total. The molecule has 1 N–H and O–H groups in total. The molecule has 1 unspecified atom stereocenters. The molecule has 0 aliphatic carbocycles. The minimum atomic E-state index is -0.589. The number of halogens is 3. The molecule has 1 atom stereocenters. The molecule has 0 radical (unpaired) electrons. The Morgan fingerprint density at radius 1 is 1.20 bits per heavy atom. The molecular formula is C15H12Cl2FNO. The number of fused-ring (bicyclic) bond motifs is 1. The first-order valence-corrected chi connectivity index (χ1v) is 7.01. The van der Waals surface area contributed by atoms with Crippen molar-refractivity contribution >= 4 is 28.9 Å². The van der Waals surface area contributed by atoms with Gasteiger partial charge in [-0.3, -0.25) is 0 Å². The summed E-state index contributed by atoms with van der Waals surface area (Å²) in [5, 5.41) is 3.25. The Labute approximate surface area is 126 Å². The smallest absolute Gasteiger partial charge is 0.160 e. The van der Waals surface area contributed by atoms with Crippen LogP contribution in [0, 0.1) is 5.82 Å². The molecule has 3 rings (SSSR count). The van der Waals surface area contributed by atoms with E-state index in [0.717, 1.165) is 5.75 Å². The lowest BCUT2D eigenvalue weighted by Gasteiger charge is -2.12. The SMILES string of the molecule is Fc1c(Cl)cc(NCC2COc3ccccc32)cc1Cl. The van der Waals surface area contributed by atoms with Gasteiger partial charge in [-0.2, -0.15) is 0 Å². The van der Waals surface area contributed by atoms with Crippen LogP contribution >= 0.6 is 23.2 Å². The van der Waals surface area contributed by atoms with Gasteiger partial charge in [-0.05, 0) is 18.2 Å². The van der Waals surface area contributed by atoms with Gasteiger partial charge in [-0.25, -0.2) is 4.39 Å². The minimum absolute atomic E-state index is 0.0167. The summed E-state index contributed by atoms with van der Waals surface area (Å²) < 4.78 is 19.0. The van der Waals surface area contributed by atoms with Crippen molar-refractivity contribution in [3.63, 3.8) is 0 Å². The van der Waals surface area contributed by atoms with Gasteiger partial charge < -0.3 is 10.1 Å². The van der Waals surface area contributed by atoms with Crippen molar-refractivity contribution in [3.8, 4) is 5.75 Å². The van der Waals surface area contributed by atoms with Crippen molar-refractivity contribution in [1.82, 2.24) is 0 Å². The topological polar surface area (TPSA) is 21.3 Å². The number of hydrogen-bond acceptors (Lipinski definition) is 2. The Balaban J connectivity index is 1.72. The van der Waals surface area contributed by atoms with Crippen LogP contribution in [0.3, 0.4) is 0 Å². The van der Waals surface area contributed by atoms with Crippen molar-refractivity contribution in [2.75, 3.05) is 18.5 Å². The average Bonchev–Trinajstić information content (AvgIpc) is 2.85. The molecule has 20 heavy (non-hydrogen) atoms. The Bertz CT molecular complexity index is 625. The Kier molecular flexibility index (Phi) is 3.72. The van der Waals surface area contributed by atoms with Crippen molar-refractivity contribution in [3.05, 3.63) is 57.8 Å². The van der Waals surface area contributed by atoms with E-state index in [2.05, 4.69) is 11.4 Å². The van der Waals surface area contributed by atoms with E-state index in [0.29, 0.717) is 18.8 Å². The molecule has 2 aromatic rings. The van der Waals surface area contributed by atoms with Gasteiger partial charge in [0.2, 0.25) is 0 Å². The third kappa shape index (κ3) is 2.56. The third-order valence-corrected chi connectivity index (χ3v) is 3.89. The van der Waals surface area contributed by atoms with Crippen LogP contribution in [0.2, 0.25) is 10.0 Å². The highest BCUT2D eigenvalue weighted by atomic mass is 35.5. The molecule has 1 heterocycles. The number of nitrogens with one attached hydrogen (secondary N) is 1. The quantitative estimate of drug-likeness (QED) is 0.828. The lowest BCUT2D eigenvalue weighted by Crippen LogP contribution is -2.14. The maximum atomic E-state index is 13.3. The van der Waals surface area contributed by atoms with E-state index >= 15 is 0 Å². The molecule has 5 heteroatoms. The Hall–Kier alpha value is -1.45. The molecule has 1 aliphatic heterocycles. The van der Waals surface area contributed by atoms with E-state index < -0.39 is 5.82 Å². The summed E-state index contributed by atoms with van der Waals surface area (Å²) in [6.45, 7) is 1.31. The number of benzene rings is 2. The normalized spacial score (nSPS) is 16.6. The highest BCUT2D eigenvalue weighted by molar-refractivity contribution is 6.35. The van der Waals surface area contributed by atoms with Crippen molar-refractivity contribution < 1.29 is 9.13 Å². The molecule has 0 saturated carbocycles. The molecule has 2 aromatic carbocycles. The van der Waals surface area contributed by atoms with Gasteiger partial charge >= 0.3 is 0 Å². The van der Waals surface area contributed by atoms with Gasteiger partial charge in [0.1, 0.15) is 5.75 Å². The van der Waals surface area contributed by atoms with Crippen LogP contribution in [0.25, 0.3) is 0 Å². The second-order valence-electron chi connectivity index (χ2n) is 4.68. The Morgan fingerprint density at radius 3 is 2.65 bits per heavy atom. The third-order valence-electron chi connectivity index (χ3n) is 3.34.